The van der Waals surface area contributed by atoms with Gasteiger partial charge in [0.1, 0.15) is 11.5 Å². The summed E-state index contributed by atoms with van der Waals surface area (Å²) >= 11 is 0. The predicted molar refractivity (Wildman–Crippen MR) is 104 cm³/mol. The first-order chi connectivity index (χ1) is 13.0. The first-order valence-corrected chi connectivity index (χ1v) is 8.74. The van der Waals surface area contributed by atoms with Crippen LogP contribution >= 0.6 is 0 Å². The lowest BCUT2D eigenvalue weighted by atomic mass is 10.0. The SMILES string of the molecule is COCC(=C=CC[C@@H](O)c1cccc(O)c1)C[C@@H](O)c1ccc(OC)cc1. The number of phenols is 1. The normalized spacial score (nSPS) is 12.7. The number of rotatable bonds is 9. The monoisotopic (exact) mass is 370 g/mol. The van der Waals surface area contributed by atoms with Crippen molar-refractivity contribution in [3.05, 3.63) is 77.0 Å². The van der Waals surface area contributed by atoms with Crippen molar-refractivity contribution in [3.8, 4) is 11.5 Å². The highest BCUT2D eigenvalue weighted by molar-refractivity contribution is 5.30. The number of hydrogen-bond acceptors (Lipinski definition) is 5. The number of aromatic hydroxyl groups is 1. The van der Waals surface area contributed by atoms with Gasteiger partial charge >= 0.3 is 0 Å². The molecular weight excluding hydrogens is 344 g/mol. The number of ether oxygens (including phenoxy) is 2. The van der Waals surface area contributed by atoms with Crippen LogP contribution in [0.15, 0.2) is 65.9 Å². The van der Waals surface area contributed by atoms with Crippen LogP contribution in [0.5, 0.6) is 11.5 Å². The maximum Gasteiger partial charge on any atom is 0.118 e. The molecule has 0 unspecified atom stereocenters. The Morgan fingerprint density at radius 3 is 2.41 bits per heavy atom. The number of aliphatic hydroxyl groups is 2. The molecule has 0 radical (unpaired) electrons. The van der Waals surface area contributed by atoms with E-state index in [-0.39, 0.29) is 5.75 Å². The van der Waals surface area contributed by atoms with Gasteiger partial charge in [-0.25, -0.2) is 0 Å². The molecule has 2 aromatic carbocycles. The summed E-state index contributed by atoms with van der Waals surface area (Å²) in [7, 11) is 3.18. The molecule has 0 aliphatic heterocycles. The van der Waals surface area contributed by atoms with Gasteiger partial charge < -0.3 is 24.8 Å². The van der Waals surface area contributed by atoms with Crippen molar-refractivity contribution in [2.75, 3.05) is 20.8 Å². The van der Waals surface area contributed by atoms with Crippen LogP contribution in [0, 0.1) is 0 Å². The number of aliphatic hydroxyl groups excluding tert-OH is 2. The number of hydrogen-bond donors (Lipinski definition) is 3. The Morgan fingerprint density at radius 2 is 1.78 bits per heavy atom. The van der Waals surface area contributed by atoms with Gasteiger partial charge in [0.05, 0.1) is 25.9 Å². The minimum Gasteiger partial charge on any atom is -0.508 e. The summed E-state index contributed by atoms with van der Waals surface area (Å²) in [4.78, 5) is 0. The summed E-state index contributed by atoms with van der Waals surface area (Å²) in [6, 6.07) is 13.8. The largest absolute Gasteiger partial charge is 0.508 e. The lowest BCUT2D eigenvalue weighted by molar-refractivity contribution is 0.164. The Labute approximate surface area is 159 Å². The van der Waals surface area contributed by atoms with Crippen LogP contribution in [0.4, 0.5) is 0 Å². The smallest absolute Gasteiger partial charge is 0.118 e. The number of phenolic OH excluding ortho intramolecular Hbond substituents is 1. The van der Waals surface area contributed by atoms with Gasteiger partial charge in [0.2, 0.25) is 0 Å². The van der Waals surface area contributed by atoms with Gasteiger partial charge in [0.15, 0.2) is 0 Å². The van der Waals surface area contributed by atoms with E-state index in [0.29, 0.717) is 25.0 Å². The van der Waals surface area contributed by atoms with Crippen molar-refractivity contribution in [1.82, 2.24) is 0 Å². The second-order valence-electron chi connectivity index (χ2n) is 6.22. The molecular formula is C22H26O5. The Hall–Kier alpha value is -2.56. The Balaban J connectivity index is 2.04. The van der Waals surface area contributed by atoms with E-state index in [0.717, 1.165) is 16.9 Å². The fourth-order valence-corrected chi connectivity index (χ4v) is 2.69. The summed E-state index contributed by atoms with van der Waals surface area (Å²) in [6.45, 7) is 0.339. The standard InChI is InChI=1S/C22H26O5/c1-26-15-16(13-22(25)17-9-11-20(27-2)12-10-17)5-3-8-21(24)18-6-4-7-19(23)14-18/h3-4,6-7,9-12,14,21-25H,8,13,15H2,1-2H3/t5?,21-,22-/m1/s1. The summed E-state index contributed by atoms with van der Waals surface area (Å²) in [5.74, 6) is 0.855. The van der Waals surface area contributed by atoms with Crippen LogP contribution in [0.1, 0.15) is 36.2 Å². The van der Waals surface area contributed by atoms with Crippen molar-refractivity contribution >= 4 is 0 Å². The molecule has 5 nitrogen and oxygen atoms in total. The maximum absolute atomic E-state index is 10.4. The maximum atomic E-state index is 10.4. The van der Waals surface area contributed by atoms with Crippen molar-refractivity contribution in [1.29, 1.82) is 0 Å². The molecule has 0 fully saturated rings. The van der Waals surface area contributed by atoms with Crippen LogP contribution in [-0.4, -0.2) is 36.1 Å². The zero-order valence-electron chi connectivity index (χ0n) is 15.6. The third kappa shape index (κ3) is 6.59. The van der Waals surface area contributed by atoms with Crippen molar-refractivity contribution < 1.29 is 24.8 Å². The molecule has 0 heterocycles. The molecule has 2 atom stereocenters. The molecule has 0 spiro atoms. The Kier molecular flexibility index (Phi) is 8.11. The van der Waals surface area contributed by atoms with Crippen molar-refractivity contribution in [2.45, 2.75) is 25.0 Å². The predicted octanol–water partition coefficient (Wildman–Crippen LogP) is 3.68. The summed E-state index contributed by atoms with van der Waals surface area (Å²) in [6.07, 6.45) is 1.02. The van der Waals surface area contributed by atoms with Crippen LogP contribution in [0.2, 0.25) is 0 Å². The zero-order chi connectivity index (χ0) is 19.6. The van der Waals surface area contributed by atoms with Gasteiger partial charge in [-0.2, -0.15) is 0 Å². The van der Waals surface area contributed by atoms with Gasteiger partial charge in [-0.1, -0.05) is 24.3 Å². The molecule has 27 heavy (non-hydrogen) atoms. The summed E-state index contributed by atoms with van der Waals surface area (Å²) in [5, 5.41) is 30.2. The molecule has 3 N–H and O–H groups in total. The minimum atomic E-state index is -0.736. The molecule has 0 aromatic heterocycles. The van der Waals surface area contributed by atoms with Crippen LogP contribution in [0.25, 0.3) is 0 Å². The minimum absolute atomic E-state index is 0.119. The quantitative estimate of drug-likeness (QED) is 0.587. The van der Waals surface area contributed by atoms with E-state index in [2.05, 4.69) is 5.73 Å². The molecule has 144 valence electrons. The molecule has 2 rings (SSSR count). The van der Waals surface area contributed by atoms with Gasteiger partial charge in [0, 0.05) is 20.0 Å². The molecule has 5 heteroatoms. The van der Waals surface area contributed by atoms with E-state index in [4.69, 9.17) is 9.47 Å². The van der Waals surface area contributed by atoms with E-state index < -0.39 is 12.2 Å². The van der Waals surface area contributed by atoms with E-state index in [1.165, 1.54) is 6.07 Å². The molecule has 0 amide bonds. The highest BCUT2D eigenvalue weighted by Crippen LogP contribution is 2.24. The average molecular weight is 370 g/mol. The first kappa shape index (κ1) is 20.7. The molecule has 0 saturated heterocycles. The third-order valence-electron chi connectivity index (χ3n) is 4.16. The van der Waals surface area contributed by atoms with Crippen LogP contribution < -0.4 is 4.74 Å². The molecule has 0 aliphatic rings. The lowest BCUT2D eigenvalue weighted by Crippen LogP contribution is -2.03. The fourth-order valence-electron chi connectivity index (χ4n) is 2.69. The van der Waals surface area contributed by atoms with Gasteiger partial charge in [-0.3, -0.25) is 0 Å². The second-order valence-corrected chi connectivity index (χ2v) is 6.22. The molecule has 2 aromatic rings. The average Bonchev–Trinajstić information content (AvgIpc) is 2.68. The van der Waals surface area contributed by atoms with Crippen LogP contribution in [0.3, 0.4) is 0 Å². The van der Waals surface area contributed by atoms with E-state index in [1.807, 2.05) is 12.1 Å². The van der Waals surface area contributed by atoms with Crippen molar-refractivity contribution in [3.63, 3.8) is 0 Å². The van der Waals surface area contributed by atoms with Gasteiger partial charge in [-0.15, -0.1) is 5.73 Å². The van der Waals surface area contributed by atoms with Crippen LogP contribution in [-0.2, 0) is 4.74 Å². The highest BCUT2D eigenvalue weighted by atomic mass is 16.5. The number of methoxy groups -OCH3 is 2. The fraction of sp³-hybridized carbons (Fsp3) is 0.318. The molecule has 0 bridgehead atoms. The Bertz CT molecular complexity index is 776. The lowest BCUT2D eigenvalue weighted by Gasteiger charge is -2.13. The number of benzene rings is 2. The zero-order valence-corrected chi connectivity index (χ0v) is 15.6. The summed E-state index contributed by atoms with van der Waals surface area (Å²) in [5.41, 5.74) is 5.34. The van der Waals surface area contributed by atoms with E-state index >= 15 is 0 Å². The molecule has 0 aliphatic carbocycles. The topological polar surface area (TPSA) is 79.2 Å². The van der Waals surface area contributed by atoms with E-state index in [1.54, 1.807) is 50.6 Å². The third-order valence-corrected chi connectivity index (χ3v) is 4.16. The second kappa shape index (κ2) is 10.6. The van der Waals surface area contributed by atoms with E-state index in [9.17, 15) is 15.3 Å². The highest BCUT2D eigenvalue weighted by Gasteiger charge is 2.11. The van der Waals surface area contributed by atoms with Crippen molar-refractivity contribution in [2.24, 2.45) is 0 Å². The Morgan fingerprint density at radius 1 is 1.04 bits per heavy atom. The van der Waals surface area contributed by atoms with Gasteiger partial charge in [-0.05, 0) is 47.0 Å². The van der Waals surface area contributed by atoms with Gasteiger partial charge in [0.25, 0.3) is 0 Å². The first-order valence-electron chi connectivity index (χ1n) is 8.74. The summed E-state index contributed by atoms with van der Waals surface area (Å²) < 4.78 is 10.3. The molecule has 0 saturated carbocycles.